The van der Waals surface area contributed by atoms with Crippen LogP contribution >= 0.6 is 0 Å². The molecule has 0 saturated carbocycles. The first kappa shape index (κ1) is 20.7. The Morgan fingerprint density at radius 3 is 2.29 bits per heavy atom. The second-order valence-electron chi connectivity index (χ2n) is 7.57. The fraction of sp³-hybridized carbons (Fsp3) is 0.250. The van der Waals surface area contributed by atoms with Gasteiger partial charge in [0.05, 0.1) is 5.39 Å². The van der Waals surface area contributed by atoms with E-state index in [1.807, 2.05) is 19.9 Å². The number of aliphatic hydroxyl groups is 1. The second kappa shape index (κ2) is 8.28. The van der Waals surface area contributed by atoms with Gasteiger partial charge < -0.3 is 23.4 Å². The zero-order valence-corrected chi connectivity index (χ0v) is 17.4. The van der Waals surface area contributed by atoms with Crippen LogP contribution in [0.4, 0.5) is 0 Å². The summed E-state index contributed by atoms with van der Waals surface area (Å²) < 4.78 is 22.0. The molecule has 31 heavy (non-hydrogen) atoms. The smallest absolute Gasteiger partial charge is 0.336 e. The predicted molar refractivity (Wildman–Crippen MR) is 116 cm³/mol. The van der Waals surface area contributed by atoms with Gasteiger partial charge in [-0.05, 0) is 61.7 Å². The summed E-state index contributed by atoms with van der Waals surface area (Å²) >= 11 is 0. The molecule has 7 nitrogen and oxygen atoms in total. The molecule has 4 aromatic rings. The van der Waals surface area contributed by atoms with Gasteiger partial charge in [0.2, 0.25) is 0 Å². The van der Waals surface area contributed by atoms with Gasteiger partial charge in [-0.15, -0.1) is 0 Å². The number of aliphatic hydroxyl groups excluding tert-OH is 1. The van der Waals surface area contributed by atoms with E-state index in [2.05, 4.69) is 0 Å². The molecule has 1 atom stereocenters. The van der Waals surface area contributed by atoms with Crippen LogP contribution < -0.4 is 20.7 Å². The Morgan fingerprint density at radius 1 is 0.839 bits per heavy atom. The van der Waals surface area contributed by atoms with Gasteiger partial charge in [0.15, 0.2) is 0 Å². The average Bonchev–Trinajstić information content (AvgIpc) is 2.69. The molecule has 2 heterocycles. The van der Waals surface area contributed by atoms with Crippen molar-refractivity contribution >= 4 is 21.9 Å². The van der Waals surface area contributed by atoms with Gasteiger partial charge in [0.1, 0.15) is 42.0 Å². The summed E-state index contributed by atoms with van der Waals surface area (Å²) in [5.74, 6) is 0.997. The van der Waals surface area contributed by atoms with E-state index in [0.29, 0.717) is 28.1 Å². The first-order chi connectivity index (χ1) is 14.8. The number of hydrogen-bond acceptors (Lipinski definition) is 7. The molecule has 0 fully saturated rings. The lowest BCUT2D eigenvalue weighted by atomic mass is 10.1. The van der Waals surface area contributed by atoms with Crippen LogP contribution in [-0.4, -0.2) is 24.4 Å². The summed E-state index contributed by atoms with van der Waals surface area (Å²) in [6.07, 6.45) is -0.910. The van der Waals surface area contributed by atoms with E-state index in [0.717, 1.165) is 22.1 Å². The molecule has 0 saturated heterocycles. The topological polar surface area (TPSA) is 99.1 Å². The highest BCUT2D eigenvalue weighted by atomic mass is 16.5. The fourth-order valence-electron chi connectivity index (χ4n) is 3.51. The Balaban J connectivity index is 1.45. The maximum atomic E-state index is 11.6. The Morgan fingerprint density at radius 2 is 1.52 bits per heavy atom. The van der Waals surface area contributed by atoms with Crippen molar-refractivity contribution < 1.29 is 23.4 Å². The van der Waals surface area contributed by atoms with Gasteiger partial charge in [-0.3, -0.25) is 0 Å². The zero-order chi connectivity index (χ0) is 22.1. The molecule has 0 spiro atoms. The Kier molecular flexibility index (Phi) is 5.52. The highest BCUT2D eigenvalue weighted by Crippen LogP contribution is 2.29. The third kappa shape index (κ3) is 4.46. The molecule has 0 bridgehead atoms. The Hall–Kier alpha value is -3.58. The monoisotopic (exact) mass is 422 g/mol. The van der Waals surface area contributed by atoms with Crippen LogP contribution in [0.3, 0.4) is 0 Å². The maximum absolute atomic E-state index is 11.6. The van der Waals surface area contributed by atoms with Crippen LogP contribution in [0.2, 0.25) is 0 Å². The summed E-state index contributed by atoms with van der Waals surface area (Å²) in [7, 11) is 0. The van der Waals surface area contributed by atoms with Gasteiger partial charge in [0, 0.05) is 23.6 Å². The number of hydrogen-bond donors (Lipinski definition) is 1. The van der Waals surface area contributed by atoms with Gasteiger partial charge in [-0.25, -0.2) is 9.59 Å². The van der Waals surface area contributed by atoms with Crippen LogP contribution in [0.25, 0.3) is 21.9 Å². The summed E-state index contributed by atoms with van der Waals surface area (Å²) in [6.45, 7) is 5.48. The zero-order valence-electron chi connectivity index (χ0n) is 17.4. The van der Waals surface area contributed by atoms with Crippen molar-refractivity contribution in [1.82, 2.24) is 0 Å². The molecule has 0 aliphatic rings. The molecule has 1 N–H and O–H groups in total. The van der Waals surface area contributed by atoms with E-state index in [1.54, 1.807) is 31.2 Å². The average molecular weight is 422 g/mol. The van der Waals surface area contributed by atoms with Gasteiger partial charge in [-0.2, -0.15) is 0 Å². The molecule has 2 aromatic heterocycles. The SMILES string of the molecule is Cc1cc(OCC(O)COc2ccc3c(C)cc(=O)oc3c2)c2c(C)cc(=O)oc2c1. The first-order valence-electron chi connectivity index (χ1n) is 9.83. The van der Waals surface area contributed by atoms with Crippen molar-refractivity contribution in [3.63, 3.8) is 0 Å². The third-order valence-corrected chi connectivity index (χ3v) is 4.95. The van der Waals surface area contributed by atoms with E-state index in [4.69, 9.17) is 18.3 Å². The highest BCUT2D eigenvalue weighted by Gasteiger charge is 2.13. The number of ether oxygens (including phenoxy) is 2. The molecule has 2 aromatic carbocycles. The summed E-state index contributed by atoms with van der Waals surface area (Å²) in [6, 6.07) is 11.6. The summed E-state index contributed by atoms with van der Waals surface area (Å²) in [5, 5.41) is 11.8. The van der Waals surface area contributed by atoms with E-state index < -0.39 is 17.4 Å². The van der Waals surface area contributed by atoms with E-state index in [-0.39, 0.29) is 13.2 Å². The Labute approximate surface area is 177 Å². The van der Waals surface area contributed by atoms with Crippen molar-refractivity contribution in [2.24, 2.45) is 0 Å². The molecule has 0 amide bonds. The molecule has 0 radical (unpaired) electrons. The molecule has 4 rings (SSSR count). The molecular weight excluding hydrogens is 400 g/mol. The first-order valence-corrected chi connectivity index (χ1v) is 9.83. The lowest BCUT2D eigenvalue weighted by Gasteiger charge is -2.16. The van der Waals surface area contributed by atoms with Crippen LogP contribution in [0, 0.1) is 20.8 Å². The predicted octanol–water partition coefficient (Wildman–Crippen LogP) is 3.64. The standard InChI is InChI=1S/C24H22O7/c1-13-6-20(24-15(3)9-23(27)31-21(24)7-13)29-12-16(25)11-28-17-4-5-18-14(2)8-22(26)30-19(18)10-17/h4-10,16,25H,11-12H2,1-3H3. The lowest BCUT2D eigenvalue weighted by Crippen LogP contribution is -2.25. The van der Waals surface area contributed by atoms with Crippen molar-refractivity contribution in [2.75, 3.05) is 13.2 Å². The molecule has 1 unspecified atom stereocenters. The fourth-order valence-corrected chi connectivity index (χ4v) is 3.51. The number of fused-ring (bicyclic) bond motifs is 2. The normalized spacial score (nSPS) is 12.3. The quantitative estimate of drug-likeness (QED) is 0.474. The van der Waals surface area contributed by atoms with Crippen LogP contribution in [0.1, 0.15) is 16.7 Å². The minimum Gasteiger partial charge on any atom is -0.491 e. The molecule has 0 aliphatic heterocycles. The van der Waals surface area contributed by atoms with Gasteiger partial charge in [0.25, 0.3) is 0 Å². The van der Waals surface area contributed by atoms with Crippen molar-refractivity contribution in [1.29, 1.82) is 0 Å². The van der Waals surface area contributed by atoms with Crippen LogP contribution in [0.5, 0.6) is 11.5 Å². The minimum absolute atomic E-state index is 0.0145. The van der Waals surface area contributed by atoms with E-state index in [1.165, 1.54) is 12.1 Å². The maximum Gasteiger partial charge on any atom is 0.336 e. The van der Waals surface area contributed by atoms with Crippen molar-refractivity contribution in [3.8, 4) is 11.5 Å². The third-order valence-electron chi connectivity index (χ3n) is 4.95. The highest BCUT2D eigenvalue weighted by molar-refractivity contribution is 5.87. The Bertz CT molecular complexity index is 1380. The van der Waals surface area contributed by atoms with Gasteiger partial charge >= 0.3 is 11.3 Å². The van der Waals surface area contributed by atoms with Gasteiger partial charge in [-0.1, -0.05) is 0 Å². The minimum atomic E-state index is -0.910. The number of aryl methyl sites for hydroxylation is 3. The molecule has 160 valence electrons. The number of rotatable bonds is 6. The molecule has 0 aliphatic carbocycles. The van der Waals surface area contributed by atoms with Crippen LogP contribution in [0.15, 0.2) is 60.9 Å². The molecule has 7 heteroatoms. The largest absolute Gasteiger partial charge is 0.491 e. The number of benzene rings is 2. The van der Waals surface area contributed by atoms with Crippen molar-refractivity contribution in [2.45, 2.75) is 26.9 Å². The summed E-state index contributed by atoms with van der Waals surface area (Å²) in [4.78, 5) is 23.2. The van der Waals surface area contributed by atoms with Crippen molar-refractivity contribution in [3.05, 3.63) is 80.0 Å². The van der Waals surface area contributed by atoms with E-state index in [9.17, 15) is 14.7 Å². The molecular formula is C24H22O7. The second-order valence-corrected chi connectivity index (χ2v) is 7.57. The summed E-state index contributed by atoms with van der Waals surface area (Å²) in [5.41, 5.74) is 2.45. The lowest BCUT2D eigenvalue weighted by molar-refractivity contribution is 0.0631. The van der Waals surface area contributed by atoms with E-state index >= 15 is 0 Å². The van der Waals surface area contributed by atoms with Crippen LogP contribution in [-0.2, 0) is 0 Å².